The number of ether oxygens (including phenoxy) is 2. The maximum absolute atomic E-state index is 14.5. The average molecular weight is 577 g/mol. The first-order chi connectivity index (χ1) is 20.5. The van der Waals surface area contributed by atoms with Crippen molar-refractivity contribution in [2.75, 3.05) is 56.7 Å². The van der Waals surface area contributed by atoms with Crippen molar-refractivity contribution in [3.8, 4) is 11.6 Å². The minimum absolute atomic E-state index is 0.110. The molecule has 0 spiro atoms. The summed E-state index contributed by atoms with van der Waals surface area (Å²) in [5.41, 5.74) is 5.17. The quantitative estimate of drug-likeness (QED) is 0.563. The Labute approximate surface area is 246 Å². The molecule has 2 aromatic rings. The summed E-state index contributed by atoms with van der Waals surface area (Å²) in [6.45, 7) is 5.05. The van der Waals surface area contributed by atoms with Crippen LogP contribution in [0.5, 0.6) is 11.6 Å². The fourth-order valence-corrected chi connectivity index (χ4v) is 8.89. The number of methoxy groups -OCH3 is 1. The number of anilines is 2. The Bertz CT molecular complexity index is 1390. The zero-order valence-electron chi connectivity index (χ0n) is 24.6. The van der Waals surface area contributed by atoms with Crippen LogP contribution in [-0.4, -0.2) is 97.5 Å². The smallest absolute Gasteiger partial charge is 0.251 e. The number of halogens is 1. The van der Waals surface area contributed by atoms with Crippen LogP contribution < -0.4 is 24.6 Å². The predicted octanol–water partition coefficient (Wildman–Crippen LogP) is 2.89. The van der Waals surface area contributed by atoms with Crippen molar-refractivity contribution < 1.29 is 18.7 Å². The number of fused-ring (bicyclic) bond motifs is 9. The lowest BCUT2D eigenvalue weighted by Gasteiger charge is -2.52. The molecule has 6 aliphatic heterocycles. The standard InChI is InChI=1S/C32H41FN6O3/c1-36-29-27(24-10-12-34-15-25(24)35-30(29)42-19-32-11-3-13-37(32)17-21(33)14-32)39-18-22-6-9-26(28(39)31(36)40)38(22)16-20-4-7-23(41-2)8-5-20/h4-5,7-8,21-22,26,28,34H,3,6,9-19H2,1-2H3/t21-,22-,26+,28?,32+/m1/s1. The van der Waals surface area contributed by atoms with Gasteiger partial charge in [0.05, 0.1) is 24.0 Å². The van der Waals surface area contributed by atoms with Crippen LogP contribution in [0, 0.1) is 0 Å². The molecular formula is C32H41FN6O3. The minimum atomic E-state index is -0.807. The van der Waals surface area contributed by atoms with Crippen molar-refractivity contribution in [3.05, 3.63) is 41.1 Å². The molecule has 1 aromatic heterocycles. The van der Waals surface area contributed by atoms with Crippen LogP contribution in [0.25, 0.3) is 0 Å². The van der Waals surface area contributed by atoms with Crippen LogP contribution in [0.4, 0.5) is 15.8 Å². The van der Waals surface area contributed by atoms with Gasteiger partial charge in [0.15, 0.2) is 0 Å². The van der Waals surface area contributed by atoms with E-state index in [1.54, 1.807) is 7.11 Å². The van der Waals surface area contributed by atoms with Gasteiger partial charge in [0.2, 0.25) is 5.88 Å². The van der Waals surface area contributed by atoms with Crippen LogP contribution in [0.3, 0.4) is 0 Å². The van der Waals surface area contributed by atoms with E-state index in [9.17, 15) is 9.18 Å². The molecule has 4 fully saturated rings. The highest BCUT2D eigenvalue weighted by atomic mass is 19.1. The summed E-state index contributed by atoms with van der Waals surface area (Å²) < 4.78 is 26.5. The average Bonchev–Trinajstić information content (AvgIpc) is 3.61. The van der Waals surface area contributed by atoms with Crippen LogP contribution in [-0.2, 0) is 24.3 Å². The van der Waals surface area contributed by atoms with Gasteiger partial charge in [-0.15, -0.1) is 0 Å². The number of piperazine rings is 1. The van der Waals surface area contributed by atoms with Crippen LogP contribution >= 0.6 is 0 Å². The Morgan fingerprint density at radius 3 is 2.86 bits per heavy atom. The number of benzene rings is 1. The number of rotatable bonds is 6. The topological polar surface area (TPSA) is 73.4 Å². The van der Waals surface area contributed by atoms with Gasteiger partial charge >= 0.3 is 0 Å². The van der Waals surface area contributed by atoms with Gasteiger partial charge in [-0.3, -0.25) is 14.6 Å². The molecule has 5 atom stereocenters. The number of pyridine rings is 1. The van der Waals surface area contributed by atoms with E-state index in [2.05, 4.69) is 32.1 Å². The summed E-state index contributed by atoms with van der Waals surface area (Å²) in [6.07, 6.45) is 4.69. The monoisotopic (exact) mass is 576 g/mol. The normalized spacial score (nSPS) is 32.0. The number of hydrogen-bond acceptors (Lipinski definition) is 8. The Morgan fingerprint density at radius 2 is 2.02 bits per heavy atom. The largest absolute Gasteiger partial charge is 0.497 e. The number of nitrogens with zero attached hydrogens (tertiary/aromatic N) is 5. The van der Waals surface area contributed by atoms with Gasteiger partial charge in [-0.2, -0.15) is 0 Å². The Kier molecular flexibility index (Phi) is 6.39. The van der Waals surface area contributed by atoms with Crippen LogP contribution in [0.15, 0.2) is 24.3 Å². The highest BCUT2D eigenvalue weighted by Crippen LogP contribution is 2.51. The highest BCUT2D eigenvalue weighted by Gasteiger charge is 2.54. The molecule has 9 nitrogen and oxygen atoms in total. The van der Waals surface area contributed by atoms with E-state index in [0.717, 1.165) is 81.1 Å². The molecule has 1 N–H and O–H groups in total. The van der Waals surface area contributed by atoms with Gasteiger partial charge in [0.25, 0.3) is 5.91 Å². The number of likely N-dealkylation sites (N-methyl/N-ethyl adjacent to an activating group) is 1. The van der Waals surface area contributed by atoms with E-state index in [4.69, 9.17) is 14.5 Å². The molecule has 4 saturated heterocycles. The third-order valence-electron chi connectivity index (χ3n) is 10.9. The summed E-state index contributed by atoms with van der Waals surface area (Å²) in [5, 5.41) is 3.49. The van der Waals surface area contributed by atoms with E-state index < -0.39 is 6.17 Å². The van der Waals surface area contributed by atoms with Crippen molar-refractivity contribution in [2.45, 2.75) is 81.5 Å². The zero-order valence-corrected chi connectivity index (χ0v) is 24.6. The second-order valence-corrected chi connectivity index (χ2v) is 13.1. The Morgan fingerprint density at radius 1 is 1.17 bits per heavy atom. The zero-order chi connectivity index (χ0) is 28.6. The number of aromatic nitrogens is 1. The molecule has 42 heavy (non-hydrogen) atoms. The number of alkyl halides is 1. The maximum Gasteiger partial charge on any atom is 0.251 e. The first-order valence-corrected chi connectivity index (χ1v) is 15.7. The Balaban J connectivity index is 1.14. The Hall–Kier alpha value is -2.95. The fraction of sp³-hybridized carbons (Fsp3) is 0.625. The molecule has 1 amide bonds. The molecule has 7 heterocycles. The van der Waals surface area contributed by atoms with Gasteiger partial charge < -0.3 is 24.6 Å². The second kappa shape index (κ2) is 10.1. The highest BCUT2D eigenvalue weighted by molar-refractivity contribution is 6.08. The van der Waals surface area contributed by atoms with Crippen molar-refractivity contribution in [2.24, 2.45) is 0 Å². The molecular weight excluding hydrogens is 535 g/mol. The first-order valence-electron chi connectivity index (χ1n) is 15.7. The third kappa shape index (κ3) is 4.05. The number of carbonyl (C=O) groups is 1. The van der Waals surface area contributed by atoms with Gasteiger partial charge in [-0.25, -0.2) is 9.37 Å². The number of nitrogens with one attached hydrogen (secondary N) is 1. The van der Waals surface area contributed by atoms with Crippen molar-refractivity contribution in [1.82, 2.24) is 20.1 Å². The lowest BCUT2D eigenvalue weighted by Crippen LogP contribution is -2.67. The third-order valence-corrected chi connectivity index (χ3v) is 10.9. The first kappa shape index (κ1) is 26.7. The van der Waals surface area contributed by atoms with Crippen molar-refractivity contribution in [1.29, 1.82) is 0 Å². The SMILES string of the molecule is COc1ccc(CN2[C@@H]3CC[C@H]2C2C(=O)N(C)c4c(OC[C@@]56CCCN5C[C@H](F)C6)nc5c(c4N2C3)CCNC5)cc1. The van der Waals surface area contributed by atoms with Crippen molar-refractivity contribution >= 4 is 17.3 Å². The van der Waals surface area contributed by atoms with Crippen LogP contribution in [0.2, 0.25) is 0 Å². The van der Waals surface area contributed by atoms with E-state index in [1.165, 1.54) is 11.1 Å². The lowest BCUT2D eigenvalue weighted by atomic mass is 9.92. The predicted molar refractivity (Wildman–Crippen MR) is 158 cm³/mol. The molecule has 0 radical (unpaired) electrons. The number of carbonyl (C=O) groups excluding carboxylic acids is 1. The molecule has 1 unspecified atom stereocenters. The van der Waals surface area contributed by atoms with E-state index in [0.29, 0.717) is 38.0 Å². The van der Waals surface area contributed by atoms with E-state index in [-0.39, 0.29) is 23.5 Å². The number of hydrogen-bond donors (Lipinski definition) is 1. The lowest BCUT2D eigenvalue weighted by molar-refractivity contribution is -0.122. The van der Waals surface area contributed by atoms with Gasteiger partial charge in [0.1, 0.15) is 30.3 Å². The molecule has 6 aliphatic rings. The molecule has 2 bridgehead atoms. The molecule has 8 rings (SSSR count). The molecule has 10 heteroatoms. The molecule has 1 aromatic carbocycles. The minimum Gasteiger partial charge on any atom is -0.497 e. The fourth-order valence-electron chi connectivity index (χ4n) is 8.89. The van der Waals surface area contributed by atoms with E-state index >= 15 is 0 Å². The summed E-state index contributed by atoms with van der Waals surface area (Å²) in [7, 11) is 3.58. The summed E-state index contributed by atoms with van der Waals surface area (Å²) in [6, 6.07) is 8.58. The number of amides is 1. The summed E-state index contributed by atoms with van der Waals surface area (Å²) in [4.78, 5) is 28.4. The van der Waals surface area contributed by atoms with Gasteiger partial charge in [-0.05, 0) is 62.9 Å². The van der Waals surface area contributed by atoms with Crippen molar-refractivity contribution in [3.63, 3.8) is 0 Å². The summed E-state index contributed by atoms with van der Waals surface area (Å²) >= 11 is 0. The van der Waals surface area contributed by atoms with Gasteiger partial charge in [0, 0.05) is 57.3 Å². The van der Waals surface area contributed by atoms with E-state index in [1.807, 2.05) is 24.1 Å². The maximum atomic E-state index is 14.5. The molecule has 0 saturated carbocycles. The molecule has 224 valence electrons. The van der Waals surface area contributed by atoms with Gasteiger partial charge in [-0.1, -0.05) is 12.1 Å². The summed E-state index contributed by atoms with van der Waals surface area (Å²) in [5.74, 6) is 1.49. The molecule has 0 aliphatic carbocycles. The second-order valence-electron chi connectivity index (χ2n) is 13.1. The van der Waals surface area contributed by atoms with Crippen LogP contribution in [0.1, 0.15) is 48.9 Å².